The lowest BCUT2D eigenvalue weighted by Gasteiger charge is -2.10. The van der Waals surface area contributed by atoms with Gasteiger partial charge in [-0.2, -0.15) is 0 Å². The molecule has 30 heavy (non-hydrogen) atoms. The number of halogens is 1. The van der Waals surface area contributed by atoms with Crippen LogP contribution in [0.4, 0.5) is 10.2 Å². The number of hydrogen-bond donors (Lipinski definition) is 2. The first-order valence-electron chi connectivity index (χ1n) is 10.0. The Morgan fingerprint density at radius 2 is 2.00 bits per heavy atom. The number of anilines is 1. The van der Waals surface area contributed by atoms with Gasteiger partial charge in [0.1, 0.15) is 17.3 Å². The van der Waals surface area contributed by atoms with Gasteiger partial charge in [0.25, 0.3) is 0 Å². The lowest BCUT2D eigenvalue weighted by Crippen LogP contribution is -2.05. The Morgan fingerprint density at radius 3 is 2.77 bits per heavy atom. The normalized spacial score (nSPS) is 13.5. The van der Waals surface area contributed by atoms with E-state index < -0.39 is 5.82 Å². The zero-order valence-electron chi connectivity index (χ0n) is 16.7. The standard InChI is InChI=1S/C23H22FN5O/c1-30-23-18(7-19(24)13-29-23)12-26-21-5-2-14(9-25-21)6-17-11-28-22-20(17)8-16(10-27-22)15-3-4-15/h2,5,7-11,13,15H,3-4,6,12H2,1H3,(H,25,26)(H,27,28). The number of ether oxygens (including phenoxy) is 1. The van der Waals surface area contributed by atoms with Crippen molar-refractivity contribution < 1.29 is 9.13 Å². The quantitative estimate of drug-likeness (QED) is 0.472. The summed E-state index contributed by atoms with van der Waals surface area (Å²) >= 11 is 0. The third kappa shape index (κ3) is 3.83. The second kappa shape index (κ2) is 7.74. The van der Waals surface area contributed by atoms with Gasteiger partial charge in [0, 0.05) is 42.5 Å². The molecule has 1 fully saturated rings. The van der Waals surface area contributed by atoms with Gasteiger partial charge in [0.15, 0.2) is 0 Å². The first-order valence-corrected chi connectivity index (χ1v) is 10.0. The average molecular weight is 403 g/mol. The summed E-state index contributed by atoms with van der Waals surface area (Å²) in [7, 11) is 1.52. The van der Waals surface area contributed by atoms with Gasteiger partial charge in [-0.15, -0.1) is 0 Å². The van der Waals surface area contributed by atoms with Gasteiger partial charge in [0.05, 0.1) is 13.3 Å². The second-order valence-corrected chi connectivity index (χ2v) is 7.66. The van der Waals surface area contributed by atoms with E-state index >= 15 is 0 Å². The van der Waals surface area contributed by atoms with Gasteiger partial charge in [-0.05, 0) is 53.6 Å². The molecule has 0 aliphatic heterocycles. The molecule has 1 saturated carbocycles. The highest BCUT2D eigenvalue weighted by Crippen LogP contribution is 2.40. The Kier molecular flexibility index (Phi) is 4.78. The molecule has 0 amide bonds. The van der Waals surface area contributed by atoms with Crippen molar-refractivity contribution in [2.45, 2.75) is 31.7 Å². The fourth-order valence-corrected chi connectivity index (χ4v) is 3.68. The maximum atomic E-state index is 13.5. The van der Waals surface area contributed by atoms with Crippen LogP contribution < -0.4 is 10.1 Å². The van der Waals surface area contributed by atoms with E-state index in [-0.39, 0.29) is 0 Å². The van der Waals surface area contributed by atoms with Gasteiger partial charge in [-0.25, -0.2) is 19.3 Å². The van der Waals surface area contributed by atoms with E-state index in [1.165, 1.54) is 42.5 Å². The van der Waals surface area contributed by atoms with E-state index in [0.717, 1.165) is 23.8 Å². The van der Waals surface area contributed by atoms with Gasteiger partial charge < -0.3 is 15.0 Å². The van der Waals surface area contributed by atoms with Crippen LogP contribution >= 0.6 is 0 Å². The minimum absolute atomic E-state index is 0.373. The van der Waals surface area contributed by atoms with Crippen molar-refractivity contribution in [3.8, 4) is 5.88 Å². The molecule has 4 aromatic heterocycles. The third-order valence-electron chi connectivity index (χ3n) is 5.45. The van der Waals surface area contributed by atoms with Crippen LogP contribution in [0, 0.1) is 5.82 Å². The fraction of sp³-hybridized carbons (Fsp3) is 0.261. The summed E-state index contributed by atoms with van der Waals surface area (Å²) in [5.41, 5.74) is 5.24. The van der Waals surface area contributed by atoms with Crippen molar-refractivity contribution in [2.24, 2.45) is 0 Å². The van der Waals surface area contributed by atoms with E-state index in [9.17, 15) is 4.39 Å². The van der Waals surface area contributed by atoms with Crippen LogP contribution in [0.5, 0.6) is 5.88 Å². The highest BCUT2D eigenvalue weighted by Gasteiger charge is 2.24. The number of nitrogens with zero attached hydrogens (tertiary/aromatic N) is 3. The van der Waals surface area contributed by atoms with E-state index in [0.29, 0.717) is 29.7 Å². The van der Waals surface area contributed by atoms with E-state index in [1.807, 2.05) is 30.7 Å². The molecule has 0 unspecified atom stereocenters. The predicted molar refractivity (Wildman–Crippen MR) is 113 cm³/mol. The molecule has 5 rings (SSSR count). The molecule has 0 aromatic carbocycles. The highest BCUT2D eigenvalue weighted by molar-refractivity contribution is 5.80. The number of pyridine rings is 3. The van der Waals surface area contributed by atoms with Crippen LogP contribution in [0.25, 0.3) is 11.0 Å². The SMILES string of the molecule is COc1ncc(F)cc1CNc1ccc(Cc2c[nH]c3ncc(C4CC4)cc23)cn1. The van der Waals surface area contributed by atoms with Gasteiger partial charge in [-0.1, -0.05) is 6.07 Å². The molecule has 4 heterocycles. The molecular weight excluding hydrogens is 381 g/mol. The lowest BCUT2D eigenvalue weighted by molar-refractivity contribution is 0.391. The van der Waals surface area contributed by atoms with Gasteiger partial charge in [-0.3, -0.25) is 0 Å². The number of aromatic amines is 1. The number of aromatic nitrogens is 4. The van der Waals surface area contributed by atoms with Crippen molar-refractivity contribution in [1.82, 2.24) is 19.9 Å². The maximum absolute atomic E-state index is 13.5. The Hall–Kier alpha value is -3.48. The molecule has 1 aliphatic rings. The molecular formula is C23H22FN5O. The number of methoxy groups -OCH3 is 1. The summed E-state index contributed by atoms with van der Waals surface area (Å²) in [6.45, 7) is 0.373. The first-order chi connectivity index (χ1) is 14.7. The molecule has 1 aliphatic carbocycles. The molecule has 7 heteroatoms. The largest absolute Gasteiger partial charge is 0.481 e. The van der Waals surface area contributed by atoms with Crippen molar-refractivity contribution in [3.63, 3.8) is 0 Å². The Balaban J connectivity index is 1.28. The number of hydrogen-bond acceptors (Lipinski definition) is 5. The molecule has 0 saturated heterocycles. The summed E-state index contributed by atoms with van der Waals surface area (Å²) in [6, 6.07) is 7.66. The fourth-order valence-electron chi connectivity index (χ4n) is 3.68. The maximum Gasteiger partial charge on any atom is 0.218 e. The summed E-state index contributed by atoms with van der Waals surface area (Å²) < 4.78 is 18.6. The Morgan fingerprint density at radius 1 is 1.10 bits per heavy atom. The van der Waals surface area contributed by atoms with Gasteiger partial charge in [0.2, 0.25) is 5.88 Å². The predicted octanol–water partition coefficient (Wildman–Crippen LogP) is 4.58. The van der Waals surface area contributed by atoms with Crippen LogP contribution in [0.3, 0.4) is 0 Å². The zero-order valence-corrected chi connectivity index (χ0v) is 16.7. The first kappa shape index (κ1) is 18.5. The number of rotatable bonds is 7. The summed E-state index contributed by atoms with van der Waals surface area (Å²) in [4.78, 5) is 16.3. The van der Waals surface area contributed by atoms with Crippen molar-refractivity contribution in [2.75, 3.05) is 12.4 Å². The smallest absolute Gasteiger partial charge is 0.218 e. The summed E-state index contributed by atoms with van der Waals surface area (Å²) in [5, 5.41) is 4.38. The van der Waals surface area contributed by atoms with Gasteiger partial charge >= 0.3 is 0 Å². The zero-order chi connectivity index (χ0) is 20.5. The molecule has 6 nitrogen and oxygen atoms in total. The molecule has 0 bridgehead atoms. The second-order valence-electron chi connectivity index (χ2n) is 7.66. The monoisotopic (exact) mass is 403 g/mol. The van der Waals surface area contributed by atoms with Crippen LogP contribution in [-0.4, -0.2) is 27.0 Å². The molecule has 152 valence electrons. The topological polar surface area (TPSA) is 75.7 Å². The van der Waals surface area contributed by atoms with Crippen LogP contribution in [0.1, 0.15) is 41.0 Å². The molecule has 0 spiro atoms. The molecule has 4 aromatic rings. The number of nitrogens with one attached hydrogen (secondary N) is 2. The number of H-pyrrole nitrogens is 1. The molecule has 0 atom stereocenters. The minimum Gasteiger partial charge on any atom is -0.481 e. The van der Waals surface area contributed by atoms with Crippen LogP contribution in [0.15, 0.2) is 49.1 Å². The van der Waals surface area contributed by atoms with E-state index in [4.69, 9.17) is 4.74 Å². The average Bonchev–Trinajstić information content (AvgIpc) is 3.55. The lowest BCUT2D eigenvalue weighted by atomic mass is 10.0. The molecule has 0 radical (unpaired) electrons. The van der Waals surface area contributed by atoms with Crippen molar-refractivity contribution in [1.29, 1.82) is 0 Å². The van der Waals surface area contributed by atoms with Crippen molar-refractivity contribution in [3.05, 3.63) is 77.1 Å². The van der Waals surface area contributed by atoms with E-state index in [1.54, 1.807) is 0 Å². The highest BCUT2D eigenvalue weighted by atomic mass is 19.1. The molecule has 2 N–H and O–H groups in total. The summed E-state index contributed by atoms with van der Waals surface area (Å²) in [6.07, 6.45) is 10.3. The summed E-state index contributed by atoms with van der Waals surface area (Å²) in [5.74, 6) is 1.40. The number of fused-ring (bicyclic) bond motifs is 1. The Bertz CT molecular complexity index is 1180. The van der Waals surface area contributed by atoms with Crippen LogP contribution in [-0.2, 0) is 13.0 Å². The Labute approximate surface area is 173 Å². The van der Waals surface area contributed by atoms with Crippen molar-refractivity contribution >= 4 is 16.9 Å². The van der Waals surface area contributed by atoms with E-state index in [2.05, 4.69) is 31.3 Å². The third-order valence-corrected chi connectivity index (χ3v) is 5.45. The minimum atomic E-state index is -0.394. The van der Waals surface area contributed by atoms with Crippen LogP contribution in [0.2, 0.25) is 0 Å².